The van der Waals surface area contributed by atoms with Gasteiger partial charge in [-0.15, -0.1) is 0 Å². The standard InChI is InChI=1S/C9H18N2O.C9H19NO.C4H10/c1-9(2,3)8(12)11-6-4-10-5-7-11;1-8(2,3)7(11)10-9(4,5)6;1-4(2)3/h10H,4-7H2,1-3H3;1-6H3,(H,10,11);4H,1-3H3. The topological polar surface area (TPSA) is 61.4 Å². The van der Waals surface area contributed by atoms with Crippen molar-refractivity contribution in [3.8, 4) is 0 Å². The van der Waals surface area contributed by atoms with Crippen LogP contribution in [0.5, 0.6) is 0 Å². The highest BCUT2D eigenvalue weighted by molar-refractivity contribution is 5.82. The molecule has 0 aromatic rings. The van der Waals surface area contributed by atoms with Crippen LogP contribution in [0.15, 0.2) is 0 Å². The van der Waals surface area contributed by atoms with Crippen molar-refractivity contribution in [1.82, 2.24) is 15.5 Å². The van der Waals surface area contributed by atoms with Crippen molar-refractivity contribution in [3.63, 3.8) is 0 Å². The third kappa shape index (κ3) is 16.8. The van der Waals surface area contributed by atoms with Crippen LogP contribution in [0.4, 0.5) is 0 Å². The maximum absolute atomic E-state index is 11.7. The Morgan fingerprint density at radius 3 is 1.41 bits per heavy atom. The Balaban J connectivity index is 0. The van der Waals surface area contributed by atoms with E-state index in [-0.39, 0.29) is 28.2 Å². The second-order valence-electron chi connectivity index (χ2n) is 11.0. The van der Waals surface area contributed by atoms with Crippen LogP contribution in [0.1, 0.15) is 83.1 Å². The molecule has 0 aromatic heterocycles. The number of rotatable bonds is 0. The first-order valence-corrected chi connectivity index (χ1v) is 10.2. The van der Waals surface area contributed by atoms with Gasteiger partial charge in [-0.25, -0.2) is 0 Å². The molecule has 1 fully saturated rings. The van der Waals surface area contributed by atoms with Crippen molar-refractivity contribution >= 4 is 11.8 Å². The Bertz CT molecular complexity index is 429. The van der Waals surface area contributed by atoms with E-state index in [2.05, 4.69) is 31.4 Å². The summed E-state index contributed by atoms with van der Waals surface area (Å²) >= 11 is 0. The second-order valence-corrected chi connectivity index (χ2v) is 11.0. The number of hydrogen-bond donors (Lipinski definition) is 2. The van der Waals surface area contributed by atoms with E-state index in [1.165, 1.54) is 0 Å². The van der Waals surface area contributed by atoms with Crippen LogP contribution in [0.3, 0.4) is 0 Å². The summed E-state index contributed by atoms with van der Waals surface area (Å²) in [6.45, 7) is 27.7. The highest BCUT2D eigenvalue weighted by atomic mass is 16.2. The summed E-state index contributed by atoms with van der Waals surface area (Å²) in [5, 5.41) is 6.15. The predicted molar refractivity (Wildman–Crippen MR) is 117 cm³/mol. The normalized spacial score (nSPS) is 15.2. The van der Waals surface area contributed by atoms with E-state index in [9.17, 15) is 9.59 Å². The van der Waals surface area contributed by atoms with Gasteiger partial charge in [0.25, 0.3) is 0 Å². The van der Waals surface area contributed by atoms with Crippen LogP contribution in [-0.4, -0.2) is 48.4 Å². The second kappa shape index (κ2) is 11.7. The molecule has 0 bridgehead atoms. The summed E-state index contributed by atoms with van der Waals surface area (Å²) in [6.07, 6.45) is 0. The first-order valence-electron chi connectivity index (χ1n) is 10.2. The van der Waals surface area contributed by atoms with Gasteiger partial charge in [0.2, 0.25) is 11.8 Å². The van der Waals surface area contributed by atoms with Gasteiger partial charge in [-0.2, -0.15) is 0 Å². The highest BCUT2D eigenvalue weighted by Gasteiger charge is 2.27. The molecule has 0 unspecified atom stereocenters. The van der Waals surface area contributed by atoms with E-state index < -0.39 is 0 Å². The fraction of sp³-hybridized carbons (Fsp3) is 0.909. The first kappa shape index (κ1) is 28.1. The van der Waals surface area contributed by atoms with E-state index in [1.54, 1.807) is 0 Å². The minimum absolute atomic E-state index is 0.102. The average molecular weight is 386 g/mol. The molecule has 0 radical (unpaired) electrons. The molecule has 0 aliphatic carbocycles. The third-order valence-electron chi connectivity index (χ3n) is 3.22. The highest BCUT2D eigenvalue weighted by Crippen LogP contribution is 2.17. The maximum atomic E-state index is 11.7. The van der Waals surface area contributed by atoms with Crippen LogP contribution < -0.4 is 10.6 Å². The molecule has 2 N–H and O–H groups in total. The average Bonchev–Trinajstić information content (AvgIpc) is 2.44. The lowest BCUT2D eigenvalue weighted by Crippen LogP contribution is -2.49. The van der Waals surface area contributed by atoms with Crippen LogP contribution in [0, 0.1) is 16.7 Å². The monoisotopic (exact) mass is 385 g/mol. The molecule has 1 rings (SSSR count). The van der Waals surface area contributed by atoms with Crippen molar-refractivity contribution < 1.29 is 9.59 Å². The third-order valence-corrected chi connectivity index (χ3v) is 3.22. The Hall–Kier alpha value is -1.10. The minimum Gasteiger partial charge on any atom is -0.351 e. The van der Waals surface area contributed by atoms with E-state index in [0.717, 1.165) is 32.1 Å². The van der Waals surface area contributed by atoms with Crippen molar-refractivity contribution in [1.29, 1.82) is 0 Å². The van der Waals surface area contributed by atoms with Crippen molar-refractivity contribution in [2.45, 2.75) is 88.6 Å². The number of nitrogens with zero attached hydrogens (tertiary/aromatic N) is 1. The van der Waals surface area contributed by atoms with Crippen molar-refractivity contribution in [3.05, 3.63) is 0 Å². The quantitative estimate of drug-likeness (QED) is 0.660. The Kier molecular flexibility index (Phi) is 12.2. The van der Waals surface area contributed by atoms with E-state index >= 15 is 0 Å². The van der Waals surface area contributed by atoms with Gasteiger partial charge in [0.05, 0.1) is 0 Å². The number of nitrogens with one attached hydrogen (secondary N) is 2. The predicted octanol–water partition coefficient (Wildman–Crippen LogP) is 4.07. The Labute approximate surface area is 169 Å². The molecule has 0 atom stereocenters. The summed E-state index contributed by atoms with van der Waals surface area (Å²) in [4.78, 5) is 25.0. The molecular weight excluding hydrogens is 338 g/mol. The fourth-order valence-corrected chi connectivity index (χ4v) is 1.87. The molecule has 5 heteroatoms. The summed E-state index contributed by atoms with van der Waals surface area (Å²) in [7, 11) is 0. The minimum atomic E-state index is -0.284. The number of carbonyl (C=O) groups is 2. The molecule has 1 aliphatic heterocycles. The number of amides is 2. The molecule has 1 saturated heterocycles. The van der Waals surface area contributed by atoms with E-state index in [1.807, 2.05) is 67.2 Å². The van der Waals surface area contributed by atoms with Gasteiger partial charge >= 0.3 is 0 Å². The van der Waals surface area contributed by atoms with Gasteiger partial charge < -0.3 is 15.5 Å². The fourth-order valence-electron chi connectivity index (χ4n) is 1.87. The number of piperazine rings is 1. The maximum Gasteiger partial charge on any atom is 0.228 e. The molecule has 1 aliphatic rings. The molecule has 0 spiro atoms. The lowest BCUT2D eigenvalue weighted by molar-refractivity contribution is -0.140. The first-order chi connectivity index (χ1) is 11.9. The molecule has 0 aromatic carbocycles. The van der Waals surface area contributed by atoms with Crippen molar-refractivity contribution in [2.24, 2.45) is 16.7 Å². The van der Waals surface area contributed by atoms with Gasteiger partial charge in [-0.3, -0.25) is 9.59 Å². The number of carbonyl (C=O) groups excluding carboxylic acids is 2. The summed E-state index contributed by atoms with van der Waals surface area (Å²) < 4.78 is 0. The molecule has 0 saturated carbocycles. The largest absolute Gasteiger partial charge is 0.351 e. The summed E-state index contributed by atoms with van der Waals surface area (Å²) in [6, 6.07) is 0. The van der Waals surface area contributed by atoms with Crippen molar-refractivity contribution in [2.75, 3.05) is 26.2 Å². The molecular formula is C22H47N3O2. The SMILES string of the molecule is CC(C)(C)C(=O)N1CCNCC1.CC(C)(C)NC(=O)C(C)(C)C.CC(C)C. The lowest BCUT2D eigenvalue weighted by atomic mass is 9.94. The zero-order valence-electron chi connectivity index (χ0n) is 20.2. The van der Waals surface area contributed by atoms with Gasteiger partial charge in [0.1, 0.15) is 0 Å². The zero-order chi connectivity index (χ0) is 22.1. The smallest absolute Gasteiger partial charge is 0.228 e. The molecule has 162 valence electrons. The summed E-state index contributed by atoms with van der Waals surface area (Å²) in [5.74, 6) is 1.20. The van der Waals surface area contributed by atoms with Gasteiger partial charge in [0.15, 0.2) is 0 Å². The van der Waals surface area contributed by atoms with E-state index in [4.69, 9.17) is 0 Å². The summed E-state index contributed by atoms with van der Waals surface area (Å²) in [5.41, 5.74) is -0.630. The molecule has 2 amide bonds. The zero-order valence-corrected chi connectivity index (χ0v) is 20.2. The van der Waals surface area contributed by atoms with Crippen LogP contribution >= 0.6 is 0 Å². The Morgan fingerprint density at radius 2 is 1.19 bits per heavy atom. The van der Waals surface area contributed by atoms with Gasteiger partial charge in [-0.1, -0.05) is 62.3 Å². The van der Waals surface area contributed by atoms with Gasteiger partial charge in [-0.05, 0) is 26.7 Å². The molecule has 27 heavy (non-hydrogen) atoms. The molecule has 5 nitrogen and oxygen atoms in total. The van der Waals surface area contributed by atoms with Crippen LogP contribution in [0.25, 0.3) is 0 Å². The Morgan fingerprint density at radius 1 is 0.815 bits per heavy atom. The van der Waals surface area contributed by atoms with Crippen LogP contribution in [0.2, 0.25) is 0 Å². The van der Waals surface area contributed by atoms with Crippen LogP contribution in [-0.2, 0) is 9.59 Å². The molecule has 1 heterocycles. The number of hydrogen-bond acceptors (Lipinski definition) is 3. The lowest BCUT2D eigenvalue weighted by Gasteiger charge is -2.32. The van der Waals surface area contributed by atoms with Gasteiger partial charge in [0, 0.05) is 42.5 Å². The van der Waals surface area contributed by atoms with E-state index in [0.29, 0.717) is 0 Å².